The highest BCUT2D eigenvalue weighted by Gasteiger charge is 2.37. The van der Waals surface area contributed by atoms with Gasteiger partial charge in [-0.3, -0.25) is 9.89 Å². The number of thiazole rings is 1. The van der Waals surface area contributed by atoms with E-state index in [4.69, 9.17) is 0 Å². The number of nitrogens with zero attached hydrogens (tertiary/aromatic N) is 3. The number of likely N-dealkylation sites (tertiary alicyclic amines) is 1. The second-order valence-corrected chi connectivity index (χ2v) is 7.35. The molecule has 132 valence electrons. The molecule has 2 unspecified atom stereocenters. The second kappa shape index (κ2) is 6.83. The average molecular weight is 360 g/mol. The molecule has 9 heteroatoms. The lowest BCUT2D eigenvalue weighted by Gasteiger charge is -2.38. The fourth-order valence-electron chi connectivity index (χ4n) is 3.68. The molecule has 2 aliphatic heterocycles. The van der Waals surface area contributed by atoms with Crippen LogP contribution in [0.5, 0.6) is 0 Å². The molecule has 2 fully saturated rings. The fourth-order valence-corrected chi connectivity index (χ4v) is 4.32. The molecule has 2 aliphatic rings. The highest BCUT2D eigenvalue weighted by molar-refractivity contribution is 7.13. The number of piperidine rings is 1. The van der Waals surface area contributed by atoms with Gasteiger partial charge in [0.25, 0.3) is 0 Å². The summed E-state index contributed by atoms with van der Waals surface area (Å²) < 4.78 is 0. The van der Waals surface area contributed by atoms with Crippen molar-refractivity contribution in [3.8, 4) is 10.7 Å². The van der Waals surface area contributed by atoms with Crippen molar-refractivity contribution in [2.24, 2.45) is 5.92 Å². The van der Waals surface area contributed by atoms with Crippen LogP contribution in [-0.4, -0.2) is 51.2 Å². The first-order valence-corrected chi connectivity index (χ1v) is 9.38. The van der Waals surface area contributed by atoms with E-state index in [1.807, 2.05) is 10.3 Å². The number of carbonyl (C=O) groups excluding carboxylic acids is 2. The van der Waals surface area contributed by atoms with E-state index in [9.17, 15) is 9.59 Å². The number of anilines is 1. The molecule has 0 radical (unpaired) electrons. The first-order chi connectivity index (χ1) is 12.2. The van der Waals surface area contributed by atoms with Gasteiger partial charge >= 0.3 is 6.03 Å². The van der Waals surface area contributed by atoms with Crippen molar-refractivity contribution in [2.75, 3.05) is 18.4 Å². The van der Waals surface area contributed by atoms with Crippen LogP contribution in [-0.2, 0) is 4.79 Å². The Bertz CT molecular complexity index is 759. The highest BCUT2D eigenvalue weighted by Crippen LogP contribution is 2.30. The summed E-state index contributed by atoms with van der Waals surface area (Å²) >= 11 is 1.49. The predicted octanol–water partition coefficient (Wildman–Crippen LogP) is 2.06. The van der Waals surface area contributed by atoms with Gasteiger partial charge in [0.05, 0.1) is 11.9 Å². The van der Waals surface area contributed by atoms with Gasteiger partial charge in [-0.25, -0.2) is 9.78 Å². The van der Waals surface area contributed by atoms with E-state index in [1.54, 1.807) is 12.4 Å². The summed E-state index contributed by atoms with van der Waals surface area (Å²) in [6, 6.07) is -0.0360. The maximum absolute atomic E-state index is 12.9. The van der Waals surface area contributed by atoms with Crippen molar-refractivity contribution < 1.29 is 9.59 Å². The minimum absolute atomic E-state index is 0.0804. The van der Waals surface area contributed by atoms with E-state index in [0.29, 0.717) is 25.2 Å². The van der Waals surface area contributed by atoms with E-state index < -0.39 is 0 Å². The highest BCUT2D eigenvalue weighted by atomic mass is 32.1. The zero-order valence-electron chi connectivity index (χ0n) is 13.7. The van der Waals surface area contributed by atoms with Gasteiger partial charge in [-0.15, -0.1) is 11.3 Å². The number of amides is 3. The Morgan fingerprint density at radius 3 is 3.08 bits per heavy atom. The molecule has 2 aromatic heterocycles. The number of rotatable bonds is 3. The van der Waals surface area contributed by atoms with Crippen LogP contribution in [0.25, 0.3) is 10.7 Å². The maximum atomic E-state index is 12.9. The molecule has 2 aromatic rings. The first-order valence-electron chi connectivity index (χ1n) is 8.50. The monoisotopic (exact) mass is 360 g/mol. The molecule has 25 heavy (non-hydrogen) atoms. The molecule has 2 atom stereocenters. The lowest BCUT2D eigenvalue weighted by atomic mass is 9.90. The Labute approximate surface area is 149 Å². The third-order valence-corrected chi connectivity index (χ3v) is 5.68. The molecule has 0 bridgehead atoms. The molecule has 3 amide bonds. The summed E-state index contributed by atoms with van der Waals surface area (Å²) in [5.41, 5.74) is 1.35. The number of hydrogen-bond donors (Lipinski definition) is 3. The van der Waals surface area contributed by atoms with E-state index in [1.165, 1.54) is 11.3 Å². The van der Waals surface area contributed by atoms with Gasteiger partial charge in [0.2, 0.25) is 5.91 Å². The van der Waals surface area contributed by atoms with Crippen LogP contribution >= 0.6 is 11.3 Å². The number of nitrogens with one attached hydrogen (secondary N) is 3. The summed E-state index contributed by atoms with van der Waals surface area (Å²) in [6.07, 6.45) is 6.85. The molecule has 3 N–H and O–H groups in total. The van der Waals surface area contributed by atoms with Crippen molar-refractivity contribution in [2.45, 2.75) is 31.7 Å². The van der Waals surface area contributed by atoms with E-state index in [0.717, 1.165) is 30.0 Å². The van der Waals surface area contributed by atoms with Crippen LogP contribution in [0.4, 0.5) is 10.5 Å². The van der Waals surface area contributed by atoms with Crippen molar-refractivity contribution in [3.05, 3.63) is 17.8 Å². The van der Waals surface area contributed by atoms with Crippen LogP contribution in [0.2, 0.25) is 0 Å². The number of aromatic amines is 1. The molecule has 2 saturated heterocycles. The summed E-state index contributed by atoms with van der Waals surface area (Å²) in [5, 5.41) is 15.5. The molecule has 4 rings (SSSR count). The number of H-pyrrole nitrogens is 1. The number of hydrogen-bond acceptors (Lipinski definition) is 5. The lowest BCUT2D eigenvalue weighted by Crippen LogP contribution is -2.49. The van der Waals surface area contributed by atoms with Gasteiger partial charge in [0.1, 0.15) is 10.7 Å². The average Bonchev–Trinajstić information content (AvgIpc) is 3.35. The van der Waals surface area contributed by atoms with Crippen molar-refractivity contribution >= 4 is 29.0 Å². The van der Waals surface area contributed by atoms with Gasteiger partial charge in [-0.2, -0.15) is 5.10 Å². The summed E-state index contributed by atoms with van der Waals surface area (Å²) in [7, 11) is 0. The minimum Gasteiger partial charge on any atom is -0.356 e. The predicted molar refractivity (Wildman–Crippen MR) is 94.2 cm³/mol. The van der Waals surface area contributed by atoms with Gasteiger partial charge in [-0.1, -0.05) is 0 Å². The zero-order valence-corrected chi connectivity index (χ0v) is 14.5. The third-order valence-electron chi connectivity index (χ3n) is 4.89. The number of aromatic nitrogens is 3. The first kappa shape index (κ1) is 16.1. The Morgan fingerprint density at radius 1 is 1.40 bits per heavy atom. The maximum Gasteiger partial charge on any atom is 0.322 e. The van der Waals surface area contributed by atoms with Crippen molar-refractivity contribution in [1.82, 2.24) is 25.4 Å². The SMILES string of the molecule is O=C1CC(C2CCCCN2C(=O)Nc2cn[nH]c2-c2nccs2)CN1. The third kappa shape index (κ3) is 3.23. The van der Waals surface area contributed by atoms with Crippen LogP contribution in [0.15, 0.2) is 17.8 Å². The quantitative estimate of drug-likeness (QED) is 0.779. The fraction of sp³-hybridized carbons (Fsp3) is 0.500. The van der Waals surface area contributed by atoms with Gasteiger partial charge in [0, 0.05) is 43.0 Å². The largest absolute Gasteiger partial charge is 0.356 e. The van der Waals surface area contributed by atoms with Crippen LogP contribution in [0.3, 0.4) is 0 Å². The number of carbonyl (C=O) groups is 2. The normalized spacial score (nSPS) is 23.5. The Kier molecular flexibility index (Phi) is 4.39. The molecule has 8 nitrogen and oxygen atoms in total. The zero-order chi connectivity index (χ0) is 17.2. The van der Waals surface area contributed by atoms with Crippen LogP contribution < -0.4 is 10.6 Å². The lowest BCUT2D eigenvalue weighted by molar-refractivity contribution is -0.119. The van der Waals surface area contributed by atoms with Crippen molar-refractivity contribution in [3.63, 3.8) is 0 Å². The summed E-state index contributed by atoms with van der Waals surface area (Å²) in [6.45, 7) is 1.37. The summed E-state index contributed by atoms with van der Waals surface area (Å²) in [5.74, 6) is 0.276. The van der Waals surface area contributed by atoms with Gasteiger partial charge in [-0.05, 0) is 19.3 Å². The van der Waals surface area contributed by atoms with Crippen LogP contribution in [0, 0.1) is 5.92 Å². The molecule has 0 aromatic carbocycles. The second-order valence-electron chi connectivity index (χ2n) is 6.45. The Balaban J connectivity index is 1.50. The Hall–Kier alpha value is -2.42. The Morgan fingerprint density at radius 2 is 2.32 bits per heavy atom. The molecule has 4 heterocycles. The molecular weight excluding hydrogens is 340 g/mol. The van der Waals surface area contributed by atoms with Crippen molar-refractivity contribution in [1.29, 1.82) is 0 Å². The topological polar surface area (TPSA) is 103 Å². The van der Waals surface area contributed by atoms with Crippen LogP contribution in [0.1, 0.15) is 25.7 Å². The standard InChI is InChI=1S/C16H20N6O2S/c23-13-7-10(8-18-13)12-3-1-2-5-22(12)16(24)20-11-9-19-21-14(11)15-17-4-6-25-15/h4,6,9-10,12H,1-3,5,7-8H2,(H,18,23)(H,19,21)(H,20,24). The van der Waals surface area contributed by atoms with Gasteiger partial charge < -0.3 is 15.5 Å². The van der Waals surface area contributed by atoms with E-state index >= 15 is 0 Å². The molecule has 0 aliphatic carbocycles. The number of urea groups is 1. The molecule has 0 saturated carbocycles. The van der Waals surface area contributed by atoms with Gasteiger partial charge in [0.15, 0.2) is 0 Å². The van der Waals surface area contributed by atoms with E-state index in [2.05, 4.69) is 25.8 Å². The smallest absolute Gasteiger partial charge is 0.322 e. The summed E-state index contributed by atoms with van der Waals surface area (Å²) in [4.78, 5) is 30.6. The molecular formula is C16H20N6O2S. The molecule has 0 spiro atoms. The minimum atomic E-state index is -0.136. The van der Waals surface area contributed by atoms with E-state index in [-0.39, 0.29) is 23.9 Å².